The summed E-state index contributed by atoms with van der Waals surface area (Å²) in [5, 5.41) is 0. The lowest BCUT2D eigenvalue weighted by molar-refractivity contribution is -0.134. The third-order valence-corrected chi connectivity index (χ3v) is 4.21. The van der Waals surface area contributed by atoms with E-state index in [1.807, 2.05) is 60.7 Å². The summed E-state index contributed by atoms with van der Waals surface area (Å²) in [5.74, 6) is 0.0141. The molecule has 4 heteroatoms. The molecule has 2 fully saturated rings. The molecule has 22 heavy (non-hydrogen) atoms. The van der Waals surface area contributed by atoms with Crippen molar-refractivity contribution in [3.63, 3.8) is 0 Å². The molecule has 2 aromatic carbocycles. The van der Waals surface area contributed by atoms with Crippen LogP contribution in [0.3, 0.4) is 0 Å². The van der Waals surface area contributed by atoms with Crippen LogP contribution in [0.2, 0.25) is 0 Å². The Labute approximate surface area is 129 Å². The van der Waals surface area contributed by atoms with Gasteiger partial charge in [0.05, 0.1) is 12.6 Å². The van der Waals surface area contributed by atoms with Crippen LogP contribution in [0.15, 0.2) is 60.7 Å². The molecule has 0 saturated carbocycles. The largest absolute Gasteiger partial charge is 0.359 e. The van der Waals surface area contributed by atoms with Crippen LogP contribution >= 0.6 is 0 Å². The van der Waals surface area contributed by atoms with Crippen LogP contribution in [0.4, 0.5) is 0 Å². The number of carbonyl (C=O) groups excluding carboxylic acids is 1. The fraction of sp³-hybridized carbons (Fsp3) is 0.278. The van der Waals surface area contributed by atoms with E-state index in [1.165, 1.54) is 0 Å². The molecule has 4 rings (SSSR count). The maximum absolute atomic E-state index is 12.7. The van der Waals surface area contributed by atoms with Crippen molar-refractivity contribution in [3.05, 3.63) is 71.8 Å². The Hall–Kier alpha value is -2.17. The molecule has 0 N–H and O–H groups in total. The molecule has 0 aromatic heterocycles. The van der Waals surface area contributed by atoms with Gasteiger partial charge in [0.2, 0.25) is 0 Å². The Morgan fingerprint density at radius 3 is 2.27 bits per heavy atom. The Morgan fingerprint density at radius 2 is 1.59 bits per heavy atom. The number of amides is 1. The average molecular weight is 295 g/mol. The third-order valence-electron chi connectivity index (χ3n) is 4.21. The Balaban J connectivity index is 1.49. The van der Waals surface area contributed by atoms with Gasteiger partial charge in [-0.3, -0.25) is 4.79 Å². The lowest BCUT2D eigenvalue weighted by Crippen LogP contribution is -2.34. The van der Waals surface area contributed by atoms with Gasteiger partial charge in [-0.2, -0.15) is 0 Å². The summed E-state index contributed by atoms with van der Waals surface area (Å²) in [7, 11) is 0. The molecule has 0 spiro atoms. The molecule has 2 aliphatic rings. The minimum atomic E-state index is -0.379. The SMILES string of the molecule is O=C([C@@H]1O[C@H]1c1ccccc1)N1COC[C@H]1c1ccccc1. The summed E-state index contributed by atoms with van der Waals surface area (Å²) in [6.45, 7) is 0.873. The molecule has 2 aliphatic heterocycles. The summed E-state index contributed by atoms with van der Waals surface area (Å²) in [6, 6.07) is 19.9. The standard InChI is InChI=1S/C18H17NO3/c20-18(17-16(22-17)14-9-5-2-6-10-14)19-12-21-11-15(19)13-7-3-1-4-8-13/h1-10,15-17H,11-12H2/t15-,16-,17+/m0/s1. The van der Waals surface area contributed by atoms with Gasteiger partial charge in [-0.25, -0.2) is 0 Å². The van der Waals surface area contributed by atoms with E-state index in [0.717, 1.165) is 11.1 Å². The van der Waals surface area contributed by atoms with Crippen molar-refractivity contribution in [3.8, 4) is 0 Å². The Morgan fingerprint density at radius 1 is 0.955 bits per heavy atom. The molecule has 112 valence electrons. The smallest absolute Gasteiger partial charge is 0.257 e. The lowest BCUT2D eigenvalue weighted by atomic mass is 10.1. The van der Waals surface area contributed by atoms with Crippen LogP contribution in [-0.4, -0.2) is 30.2 Å². The van der Waals surface area contributed by atoms with Gasteiger partial charge in [-0.05, 0) is 11.1 Å². The topological polar surface area (TPSA) is 42.1 Å². The highest BCUT2D eigenvalue weighted by Crippen LogP contribution is 2.41. The molecule has 0 radical (unpaired) electrons. The lowest BCUT2D eigenvalue weighted by Gasteiger charge is -2.22. The highest BCUT2D eigenvalue weighted by atomic mass is 16.6. The highest BCUT2D eigenvalue weighted by molar-refractivity contribution is 5.84. The maximum Gasteiger partial charge on any atom is 0.257 e. The van der Waals surface area contributed by atoms with Gasteiger partial charge in [-0.1, -0.05) is 60.7 Å². The van der Waals surface area contributed by atoms with Crippen molar-refractivity contribution >= 4 is 5.91 Å². The summed E-state index contributed by atoms with van der Waals surface area (Å²) in [5.41, 5.74) is 2.16. The van der Waals surface area contributed by atoms with E-state index in [2.05, 4.69) is 0 Å². The van der Waals surface area contributed by atoms with Crippen LogP contribution in [0, 0.1) is 0 Å². The van der Waals surface area contributed by atoms with Crippen molar-refractivity contribution in [2.45, 2.75) is 18.2 Å². The van der Waals surface area contributed by atoms with Crippen LogP contribution in [0.25, 0.3) is 0 Å². The fourth-order valence-corrected chi connectivity index (χ4v) is 2.97. The fourth-order valence-electron chi connectivity index (χ4n) is 2.97. The Kier molecular flexibility index (Phi) is 3.41. The first-order chi connectivity index (χ1) is 10.8. The first-order valence-electron chi connectivity index (χ1n) is 7.48. The molecule has 2 aromatic rings. The molecule has 2 heterocycles. The van der Waals surface area contributed by atoms with E-state index in [-0.39, 0.29) is 24.2 Å². The summed E-state index contributed by atoms with van der Waals surface area (Å²) < 4.78 is 11.1. The maximum atomic E-state index is 12.7. The molecule has 2 saturated heterocycles. The van der Waals surface area contributed by atoms with Crippen molar-refractivity contribution < 1.29 is 14.3 Å². The molecule has 0 bridgehead atoms. The number of carbonyl (C=O) groups is 1. The first kappa shape index (κ1) is 13.5. The minimum absolute atomic E-state index is 0.0141. The van der Waals surface area contributed by atoms with Gasteiger partial charge in [0.1, 0.15) is 12.8 Å². The number of rotatable bonds is 3. The van der Waals surface area contributed by atoms with Gasteiger partial charge >= 0.3 is 0 Å². The van der Waals surface area contributed by atoms with Gasteiger partial charge < -0.3 is 14.4 Å². The monoisotopic (exact) mass is 295 g/mol. The molecule has 0 aliphatic carbocycles. The molecule has 1 amide bonds. The molecule has 4 nitrogen and oxygen atoms in total. The quantitative estimate of drug-likeness (QED) is 0.818. The minimum Gasteiger partial charge on any atom is -0.359 e. The zero-order chi connectivity index (χ0) is 14.9. The van der Waals surface area contributed by atoms with Crippen molar-refractivity contribution in [2.75, 3.05) is 13.3 Å². The number of hydrogen-bond acceptors (Lipinski definition) is 3. The van der Waals surface area contributed by atoms with Crippen molar-refractivity contribution in [1.29, 1.82) is 0 Å². The van der Waals surface area contributed by atoms with Gasteiger partial charge in [0.15, 0.2) is 6.10 Å². The van der Waals surface area contributed by atoms with Crippen molar-refractivity contribution in [1.82, 2.24) is 4.90 Å². The second-order valence-corrected chi connectivity index (χ2v) is 5.62. The van der Waals surface area contributed by atoms with Crippen LogP contribution < -0.4 is 0 Å². The normalized spacial score (nSPS) is 26.9. The van der Waals surface area contributed by atoms with Crippen LogP contribution in [0.1, 0.15) is 23.3 Å². The van der Waals surface area contributed by atoms with E-state index in [9.17, 15) is 4.79 Å². The molecular weight excluding hydrogens is 278 g/mol. The number of ether oxygens (including phenoxy) is 2. The number of nitrogens with zero attached hydrogens (tertiary/aromatic N) is 1. The van der Waals surface area contributed by atoms with E-state index in [4.69, 9.17) is 9.47 Å². The highest BCUT2D eigenvalue weighted by Gasteiger charge is 2.50. The number of benzene rings is 2. The van der Waals surface area contributed by atoms with Gasteiger partial charge in [0.25, 0.3) is 5.91 Å². The molecular formula is C18H17NO3. The van der Waals surface area contributed by atoms with Crippen molar-refractivity contribution in [2.24, 2.45) is 0 Å². The third kappa shape index (κ3) is 2.40. The van der Waals surface area contributed by atoms with Crippen LogP contribution in [-0.2, 0) is 14.3 Å². The summed E-state index contributed by atoms with van der Waals surface area (Å²) in [4.78, 5) is 14.5. The zero-order valence-corrected chi connectivity index (χ0v) is 12.1. The van der Waals surface area contributed by atoms with E-state index >= 15 is 0 Å². The zero-order valence-electron chi connectivity index (χ0n) is 12.1. The Bertz CT molecular complexity index is 659. The average Bonchev–Trinajstić information content (AvgIpc) is 3.24. The summed E-state index contributed by atoms with van der Waals surface area (Å²) >= 11 is 0. The molecule has 0 unspecified atom stereocenters. The number of epoxide rings is 1. The first-order valence-corrected chi connectivity index (χ1v) is 7.48. The van der Waals surface area contributed by atoms with E-state index in [0.29, 0.717) is 13.3 Å². The van der Waals surface area contributed by atoms with E-state index < -0.39 is 0 Å². The van der Waals surface area contributed by atoms with Crippen LogP contribution in [0.5, 0.6) is 0 Å². The van der Waals surface area contributed by atoms with Gasteiger partial charge in [0, 0.05) is 0 Å². The second kappa shape index (κ2) is 5.55. The summed E-state index contributed by atoms with van der Waals surface area (Å²) in [6.07, 6.45) is -0.499. The number of hydrogen-bond donors (Lipinski definition) is 0. The predicted molar refractivity (Wildman–Crippen MR) is 80.9 cm³/mol. The van der Waals surface area contributed by atoms with E-state index in [1.54, 1.807) is 4.90 Å². The predicted octanol–water partition coefficient (Wildman–Crippen LogP) is 2.68. The van der Waals surface area contributed by atoms with Gasteiger partial charge in [-0.15, -0.1) is 0 Å². The molecule has 3 atom stereocenters. The second-order valence-electron chi connectivity index (χ2n) is 5.62.